The Morgan fingerprint density at radius 1 is 1.17 bits per heavy atom. The van der Waals surface area contributed by atoms with Gasteiger partial charge in [0.25, 0.3) is 4.84 Å². The van der Waals surface area contributed by atoms with E-state index < -0.39 is 0 Å². The lowest BCUT2D eigenvalue weighted by Gasteiger charge is -2.05. The van der Waals surface area contributed by atoms with Crippen LogP contribution in [0.25, 0.3) is 11.5 Å². The lowest BCUT2D eigenvalue weighted by atomic mass is 10.2. The van der Waals surface area contributed by atoms with Crippen LogP contribution in [0.2, 0.25) is 10.0 Å². The van der Waals surface area contributed by atoms with Crippen molar-refractivity contribution >= 4 is 41.1 Å². The maximum absolute atomic E-state index is 6.17. The molecule has 0 bridgehead atoms. The first kappa shape index (κ1) is 16.1. The Morgan fingerprint density at radius 3 is 2.61 bits per heavy atom. The number of nitrogens with zero attached hydrogens (tertiary/aromatic N) is 2. The van der Waals surface area contributed by atoms with Gasteiger partial charge in [-0.1, -0.05) is 40.9 Å². The highest BCUT2D eigenvalue weighted by molar-refractivity contribution is 7.71. The van der Waals surface area contributed by atoms with Crippen LogP contribution in [-0.2, 0) is 6.67 Å². The van der Waals surface area contributed by atoms with Gasteiger partial charge >= 0.3 is 0 Å². The van der Waals surface area contributed by atoms with Gasteiger partial charge in [-0.15, -0.1) is 5.10 Å². The Morgan fingerprint density at radius 2 is 1.91 bits per heavy atom. The smallest absolute Gasteiger partial charge is 0.289 e. The summed E-state index contributed by atoms with van der Waals surface area (Å²) in [7, 11) is 0. The first-order valence-corrected chi connectivity index (χ1v) is 8.03. The lowest BCUT2D eigenvalue weighted by Crippen LogP contribution is -2.09. The summed E-state index contributed by atoms with van der Waals surface area (Å²) in [5.74, 6) is 0.363. The Kier molecular flexibility index (Phi) is 4.71. The molecule has 2 aromatic carbocycles. The molecule has 23 heavy (non-hydrogen) atoms. The third-order valence-corrected chi connectivity index (χ3v) is 4.09. The van der Waals surface area contributed by atoms with Crippen LogP contribution >= 0.6 is 35.4 Å². The molecule has 118 valence electrons. The zero-order chi connectivity index (χ0) is 16.4. The van der Waals surface area contributed by atoms with Gasteiger partial charge in [0.15, 0.2) is 0 Å². The van der Waals surface area contributed by atoms with Crippen molar-refractivity contribution < 1.29 is 4.42 Å². The standard InChI is InChI=1S/C16H13Cl2N3OS/c1-10-2-5-12(6-3-10)19-9-21-16(23)22-15(20-21)13-7-4-11(17)8-14(13)18/h2-8,19H,9H2,1H3. The predicted octanol–water partition coefficient (Wildman–Crippen LogP) is 5.56. The quantitative estimate of drug-likeness (QED) is 0.614. The van der Waals surface area contributed by atoms with Crippen molar-refractivity contribution in [2.75, 3.05) is 5.32 Å². The molecule has 4 nitrogen and oxygen atoms in total. The molecule has 0 radical (unpaired) electrons. The number of hydrogen-bond acceptors (Lipinski definition) is 4. The van der Waals surface area contributed by atoms with Gasteiger partial charge in [-0.25, -0.2) is 4.68 Å². The third-order valence-electron chi connectivity index (χ3n) is 3.25. The van der Waals surface area contributed by atoms with Crippen molar-refractivity contribution in [3.05, 3.63) is 62.9 Å². The molecule has 0 atom stereocenters. The van der Waals surface area contributed by atoms with Gasteiger partial charge in [-0.05, 0) is 49.5 Å². The minimum absolute atomic E-state index is 0.269. The maximum Gasteiger partial charge on any atom is 0.289 e. The third kappa shape index (κ3) is 3.75. The molecule has 0 spiro atoms. The van der Waals surface area contributed by atoms with Gasteiger partial charge in [0.2, 0.25) is 5.89 Å². The molecule has 3 rings (SSSR count). The van der Waals surface area contributed by atoms with Crippen LogP contribution in [0, 0.1) is 11.8 Å². The number of benzene rings is 2. The highest BCUT2D eigenvalue weighted by atomic mass is 35.5. The van der Waals surface area contributed by atoms with Gasteiger partial charge in [0.1, 0.15) is 6.67 Å². The number of rotatable bonds is 4. The van der Waals surface area contributed by atoms with E-state index in [1.807, 2.05) is 31.2 Å². The largest absolute Gasteiger partial charge is 0.409 e. The topological polar surface area (TPSA) is 43.0 Å². The summed E-state index contributed by atoms with van der Waals surface area (Å²) in [6.07, 6.45) is 0. The first-order valence-electron chi connectivity index (χ1n) is 6.87. The molecule has 0 fully saturated rings. The molecule has 0 saturated heterocycles. The molecule has 1 aromatic heterocycles. The summed E-state index contributed by atoms with van der Waals surface area (Å²) in [5.41, 5.74) is 2.83. The fraction of sp³-hybridized carbons (Fsp3) is 0.125. The van der Waals surface area contributed by atoms with Crippen LogP contribution in [0.5, 0.6) is 0 Å². The molecule has 1 N–H and O–H groups in total. The van der Waals surface area contributed by atoms with E-state index in [1.165, 1.54) is 5.56 Å². The van der Waals surface area contributed by atoms with Crippen LogP contribution in [-0.4, -0.2) is 9.78 Å². The number of nitrogens with one attached hydrogen (secondary N) is 1. The second-order valence-electron chi connectivity index (χ2n) is 5.00. The fourth-order valence-electron chi connectivity index (χ4n) is 2.02. The van der Waals surface area contributed by atoms with Crippen LogP contribution in [0.1, 0.15) is 5.56 Å². The van der Waals surface area contributed by atoms with Crippen molar-refractivity contribution in [1.82, 2.24) is 9.78 Å². The van der Waals surface area contributed by atoms with E-state index in [-0.39, 0.29) is 4.84 Å². The number of anilines is 1. The van der Waals surface area contributed by atoms with E-state index in [9.17, 15) is 0 Å². The van der Waals surface area contributed by atoms with Crippen LogP contribution in [0.15, 0.2) is 46.9 Å². The molecular formula is C16H13Cl2N3OS. The van der Waals surface area contributed by atoms with Crippen molar-refractivity contribution in [3.8, 4) is 11.5 Å². The van der Waals surface area contributed by atoms with Crippen LogP contribution in [0.3, 0.4) is 0 Å². The molecule has 0 aliphatic rings. The summed E-state index contributed by atoms with van der Waals surface area (Å²) < 4.78 is 7.09. The lowest BCUT2D eigenvalue weighted by molar-refractivity contribution is 0.522. The van der Waals surface area contributed by atoms with Crippen molar-refractivity contribution in [3.63, 3.8) is 0 Å². The first-order chi connectivity index (χ1) is 11.0. The zero-order valence-corrected chi connectivity index (χ0v) is 14.5. The van der Waals surface area contributed by atoms with Crippen molar-refractivity contribution in [2.45, 2.75) is 13.6 Å². The summed E-state index contributed by atoms with van der Waals surface area (Å²) in [6, 6.07) is 13.2. The highest BCUT2D eigenvalue weighted by Gasteiger charge is 2.12. The molecular weight excluding hydrogens is 353 g/mol. The monoisotopic (exact) mass is 365 g/mol. The van der Waals surface area contributed by atoms with Gasteiger partial charge in [-0.2, -0.15) is 0 Å². The molecule has 0 unspecified atom stereocenters. The SMILES string of the molecule is Cc1ccc(NCn2nc(-c3ccc(Cl)cc3Cl)oc2=S)cc1. The summed E-state index contributed by atoms with van der Waals surface area (Å²) in [5, 5.41) is 8.61. The van der Waals surface area contributed by atoms with Gasteiger partial charge in [-0.3, -0.25) is 0 Å². The minimum Gasteiger partial charge on any atom is -0.409 e. The minimum atomic E-state index is 0.269. The Labute approximate surface area is 148 Å². The maximum atomic E-state index is 6.17. The summed E-state index contributed by atoms with van der Waals surface area (Å²) >= 11 is 17.3. The second kappa shape index (κ2) is 6.74. The average molecular weight is 366 g/mol. The molecule has 1 heterocycles. The number of hydrogen-bond donors (Lipinski definition) is 1. The van der Waals surface area contributed by atoms with E-state index in [2.05, 4.69) is 10.4 Å². The van der Waals surface area contributed by atoms with E-state index in [4.69, 9.17) is 39.8 Å². The number of halogens is 2. The molecule has 0 amide bonds. The molecule has 3 aromatic rings. The molecule has 0 saturated carbocycles. The van der Waals surface area contributed by atoms with Crippen molar-refractivity contribution in [2.24, 2.45) is 0 Å². The Hall–Kier alpha value is -1.82. The van der Waals surface area contributed by atoms with Crippen LogP contribution < -0.4 is 5.32 Å². The average Bonchev–Trinajstić information content (AvgIpc) is 2.87. The van der Waals surface area contributed by atoms with Crippen molar-refractivity contribution in [1.29, 1.82) is 0 Å². The predicted molar refractivity (Wildman–Crippen MR) is 95.6 cm³/mol. The number of aromatic nitrogens is 2. The molecule has 7 heteroatoms. The highest BCUT2D eigenvalue weighted by Crippen LogP contribution is 2.29. The zero-order valence-electron chi connectivity index (χ0n) is 12.2. The van der Waals surface area contributed by atoms with Gasteiger partial charge in [0.05, 0.1) is 10.6 Å². The molecule has 0 aliphatic carbocycles. The van der Waals surface area contributed by atoms with E-state index in [0.717, 1.165) is 5.69 Å². The fourth-order valence-corrected chi connectivity index (χ4v) is 2.69. The summed E-state index contributed by atoms with van der Waals surface area (Å²) in [4.78, 5) is 0.269. The van der Waals surface area contributed by atoms with Gasteiger partial charge < -0.3 is 9.73 Å². The Balaban J connectivity index is 1.81. The summed E-state index contributed by atoms with van der Waals surface area (Å²) in [6.45, 7) is 2.44. The van der Waals surface area contributed by atoms with Gasteiger partial charge in [0, 0.05) is 10.7 Å². The van der Waals surface area contributed by atoms with Crippen LogP contribution in [0.4, 0.5) is 5.69 Å². The Bertz CT molecular complexity index is 887. The van der Waals surface area contributed by atoms with E-state index in [0.29, 0.717) is 28.2 Å². The second-order valence-corrected chi connectivity index (χ2v) is 6.19. The number of aryl methyl sites for hydroxylation is 1. The van der Waals surface area contributed by atoms with E-state index in [1.54, 1.807) is 22.9 Å². The normalized spacial score (nSPS) is 10.7. The molecule has 0 aliphatic heterocycles. The van der Waals surface area contributed by atoms with E-state index >= 15 is 0 Å².